The van der Waals surface area contributed by atoms with Crippen molar-refractivity contribution in [2.45, 2.75) is 51.9 Å². The highest BCUT2D eigenvalue weighted by Crippen LogP contribution is 2.26. The molecule has 0 bridgehead atoms. The monoisotopic (exact) mass is 332 g/mol. The molecule has 2 aromatic heterocycles. The molecule has 1 atom stereocenters. The number of hydrogen-bond acceptors (Lipinski definition) is 4. The summed E-state index contributed by atoms with van der Waals surface area (Å²) < 4.78 is 0. The zero-order valence-electron chi connectivity index (χ0n) is 14.0. The van der Waals surface area contributed by atoms with Crippen molar-refractivity contribution in [1.29, 1.82) is 0 Å². The zero-order chi connectivity index (χ0) is 16.4. The second-order valence-electron chi connectivity index (χ2n) is 6.66. The van der Waals surface area contributed by atoms with Crippen LogP contribution in [0.1, 0.15) is 60.6 Å². The van der Waals surface area contributed by atoms with E-state index in [4.69, 9.17) is 0 Å². The number of piperidine rings is 1. The summed E-state index contributed by atoms with van der Waals surface area (Å²) in [6.45, 7) is 7.89. The topological polar surface area (TPSA) is 61.9 Å². The number of H-pyrrole nitrogens is 1. The minimum absolute atomic E-state index is 0.183. The Morgan fingerprint density at radius 1 is 1.52 bits per heavy atom. The van der Waals surface area contributed by atoms with Gasteiger partial charge in [0.25, 0.3) is 0 Å². The number of likely N-dealkylation sites (tertiary alicyclic amines) is 1. The molecular weight excluding hydrogens is 308 g/mol. The third-order valence-corrected chi connectivity index (χ3v) is 5.51. The van der Waals surface area contributed by atoms with Crippen molar-refractivity contribution in [2.75, 3.05) is 13.1 Å². The fraction of sp³-hybridized carbons (Fsp3) is 0.588. The van der Waals surface area contributed by atoms with E-state index < -0.39 is 0 Å². The van der Waals surface area contributed by atoms with Crippen molar-refractivity contribution in [3.63, 3.8) is 0 Å². The third-order valence-electron chi connectivity index (χ3n) is 4.31. The Morgan fingerprint density at radius 2 is 2.35 bits per heavy atom. The largest absolute Gasteiger partial charge is 0.342 e. The van der Waals surface area contributed by atoms with Crippen molar-refractivity contribution < 1.29 is 4.79 Å². The van der Waals surface area contributed by atoms with Crippen LogP contribution >= 0.6 is 11.3 Å². The van der Waals surface area contributed by atoms with Gasteiger partial charge < -0.3 is 4.90 Å². The molecule has 1 saturated heterocycles. The Morgan fingerprint density at radius 3 is 3.00 bits per heavy atom. The molecule has 1 fully saturated rings. The molecule has 1 N–H and O–H groups in total. The predicted octanol–water partition coefficient (Wildman–Crippen LogP) is 3.25. The minimum atomic E-state index is 0.183. The first kappa shape index (κ1) is 16.2. The SMILES string of the molecule is Cc1cc([C@@H]2CCCN(C(=O)Cc3csc(C(C)C)n3)C2)n[nH]1. The molecule has 3 rings (SSSR count). The predicted molar refractivity (Wildman–Crippen MR) is 91.8 cm³/mol. The summed E-state index contributed by atoms with van der Waals surface area (Å²) in [5, 5.41) is 10.5. The number of carbonyl (C=O) groups is 1. The van der Waals surface area contributed by atoms with Crippen LogP contribution in [0.5, 0.6) is 0 Å². The Kier molecular flexibility index (Phi) is 4.80. The lowest BCUT2D eigenvalue weighted by Crippen LogP contribution is -2.40. The molecule has 1 aliphatic heterocycles. The van der Waals surface area contributed by atoms with Crippen molar-refractivity contribution in [3.8, 4) is 0 Å². The van der Waals surface area contributed by atoms with Crippen LogP contribution in [0.15, 0.2) is 11.4 Å². The van der Waals surface area contributed by atoms with E-state index in [2.05, 4.69) is 35.1 Å². The summed E-state index contributed by atoms with van der Waals surface area (Å²) in [4.78, 5) is 19.1. The number of aromatic nitrogens is 3. The molecule has 1 aliphatic rings. The highest BCUT2D eigenvalue weighted by atomic mass is 32.1. The lowest BCUT2D eigenvalue weighted by Gasteiger charge is -2.32. The lowest BCUT2D eigenvalue weighted by atomic mass is 9.94. The summed E-state index contributed by atoms with van der Waals surface area (Å²) in [7, 11) is 0. The van der Waals surface area contributed by atoms with Crippen LogP contribution < -0.4 is 0 Å². The number of hydrogen-bond donors (Lipinski definition) is 1. The van der Waals surface area contributed by atoms with E-state index in [-0.39, 0.29) is 5.91 Å². The molecule has 0 aliphatic carbocycles. The van der Waals surface area contributed by atoms with Crippen LogP contribution in [-0.4, -0.2) is 39.1 Å². The molecule has 5 nitrogen and oxygen atoms in total. The van der Waals surface area contributed by atoms with Gasteiger partial charge in [0.05, 0.1) is 22.8 Å². The van der Waals surface area contributed by atoms with E-state index in [9.17, 15) is 4.79 Å². The highest BCUT2D eigenvalue weighted by molar-refractivity contribution is 7.09. The molecule has 2 aromatic rings. The Bertz CT molecular complexity index is 676. The molecular formula is C17H24N4OS. The standard InChI is InChI=1S/C17H24N4OS/c1-11(2)17-18-14(10-23-17)8-16(22)21-6-4-5-13(9-21)15-7-12(3)19-20-15/h7,10-11,13H,4-6,8-9H2,1-3H3,(H,19,20)/t13-/m1/s1. The van der Waals surface area contributed by atoms with Gasteiger partial charge in [-0.15, -0.1) is 11.3 Å². The Balaban J connectivity index is 1.62. The Labute approximate surface area is 141 Å². The first-order valence-electron chi connectivity index (χ1n) is 8.27. The van der Waals surface area contributed by atoms with Gasteiger partial charge in [-0.05, 0) is 25.8 Å². The molecule has 0 radical (unpaired) electrons. The maximum atomic E-state index is 12.6. The summed E-state index contributed by atoms with van der Waals surface area (Å²) in [6, 6.07) is 2.09. The van der Waals surface area contributed by atoms with Crippen LogP contribution in [0, 0.1) is 6.92 Å². The van der Waals surface area contributed by atoms with E-state index in [0.29, 0.717) is 18.3 Å². The van der Waals surface area contributed by atoms with E-state index >= 15 is 0 Å². The van der Waals surface area contributed by atoms with Gasteiger partial charge in [-0.2, -0.15) is 5.10 Å². The number of aromatic amines is 1. The number of rotatable bonds is 4. The van der Waals surface area contributed by atoms with Crippen LogP contribution in [0.2, 0.25) is 0 Å². The highest BCUT2D eigenvalue weighted by Gasteiger charge is 2.26. The van der Waals surface area contributed by atoms with E-state index in [1.165, 1.54) is 0 Å². The van der Waals surface area contributed by atoms with Crippen LogP contribution in [0.4, 0.5) is 0 Å². The number of carbonyl (C=O) groups excluding carboxylic acids is 1. The van der Waals surface area contributed by atoms with Crippen molar-refractivity contribution in [2.24, 2.45) is 0 Å². The fourth-order valence-electron chi connectivity index (χ4n) is 3.03. The van der Waals surface area contributed by atoms with Gasteiger partial charge in [-0.3, -0.25) is 9.89 Å². The van der Waals surface area contributed by atoms with E-state index in [1.54, 1.807) is 11.3 Å². The Hall–Kier alpha value is -1.69. The summed E-state index contributed by atoms with van der Waals surface area (Å²) >= 11 is 1.65. The molecule has 0 spiro atoms. The van der Waals surface area contributed by atoms with Crippen LogP contribution in [0.25, 0.3) is 0 Å². The van der Waals surface area contributed by atoms with Gasteiger partial charge in [0.2, 0.25) is 5.91 Å². The first-order valence-corrected chi connectivity index (χ1v) is 9.15. The fourth-order valence-corrected chi connectivity index (χ4v) is 3.86. The minimum Gasteiger partial charge on any atom is -0.342 e. The molecule has 3 heterocycles. The van der Waals surface area contributed by atoms with Crippen molar-refractivity contribution in [1.82, 2.24) is 20.1 Å². The molecule has 23 heavy (non-hydrogen) atoms. The van der Waals surface area contributed by atoms with Gasteiger partial charge in [0, 0.05) is 36.0 Å². The molecule has 6 heteroatoms. The summed E-state index contributed by atoms with van der Waals surface area (Å²) in [5.41, 5.74) is 3.06. The van der Waals surface area contributed by atoms with Crippen molar-refractivity contribution in [3.05, 3.63) is 33.5 Å². The quantitative estimate of drug-likeness (QED) is 0.935. The smallest absolute Gasteiger partial charge is 0.228 e. The van der Waals surface area contributed by atoms with Gasteiger partial charge >= 0.3 is 0 Å². The van der Waals surface area contributed by atoms with Crippen molar-refractivity contribution >= 4 is 17.2 Å². The third kappa shape index (κ3) is 3.80. The normalized spacial score (nSPS) is 18.6. The van der Waals surface area contributed by atoms with E-state index in [0.717, 1.165) is 48.0 Å². The molecule has 0 unspecified atom stereocenters. The second kappa shape index (κ2) is 6.83. The molecule has 0 saturated carbocycles. The van der Waals surface area contributed by atoms with Crippen LogP contribution in [0.3, 0.4) is 0 Å². The maximum absolute atomic E-state index is 12.6. The van der Waals surface area contributed by atoms with Crippen LogP contribution in [-0.2, 0) is 11.2 Å². The number of thiazole rings is 1. The summed E-state index contributed by atoms with van der Waals surface area (Å²) in [5.74, 6) is 0.952. The number of amides is 1. The maximum Gasteiger partial charge on any atom is 0.228 e. The second-order valence-corrected chi connectivity index (χ2v) is 7.55. The lowest BCUT2D eigenvalue weighted by molar-refractivity contribution is -0.131. The van der Waals surface area contributed by atoms with Gasteiger partial charge in [0.15, 0.2) is 0 Å². The average molecular weight is 332 g/mol. The van der Waals surface area contributed by atoms with E-state index in [1.807, 2.05) is 17.2 Å². The number of aryl methyl sites for hydroxylation is 1. The summed E-state index contributed by atoms with van der Waals surface area (Å²) in [6.07, 6.45) is 2.55. The van der Waals surface area contributed by atoms with Gasteiger partial charge in [0.1, 0.15) is 0 Å². The first-order chi connectivity index (χ1) is 11.0. The van der Waals surface area contributed by atoms with Gasteiger partial charge in [-0.25, -0.2) is 4.98 Å². The number of nitrogens with zero attached hydrogens (tertiary/aromatic N) is 3. The van der Waals surface area contributed by atoms with Gasteiger partial charge in [-0.1, -0.05) is 13.8 Å². The zero-order valence-corrected chi connectivity index (χ0v) is 14.8. The molecule has 124 valence electrons. The average Bonchev–Trinajstić information content (AvgIpc) is 3.16. The number of nitrogens with one attached hydrogen (secondary N) is 1. The molecule has 0 aromatic carbocycles. The molecule has 1 amide bonds.